The predicted octanol–water partition coefficient (Wildman–Crippen LogP) is 1.44. The summed E-state index contributed by atoms with van der Waals surface area (Å²) in [5.74, 6) is -0.195. The lowest BCUT2D eigenvalue weighted by Crippen LogP contribution is -2.42. The van der Waals surface area contributed by atoms with Crippen LogP contribution in [0.1, 0.15) is 24.2 Å². The molecule has 5 heteroatoms. The van der Waals surface area contributed by atoms with Gasteiger partial charge in [0.25, 0.3) is 5.91 Å². The van der Waals surface area contributed by atoms with E-state index in [1.807, 2.05) is 18.7 Å². The molecule has 1 rings (SSSR count). The number of nitrogens with zero attached hydrogens (tertiary/aromatic N) is 2. The van der Waals surface area contributed by atoms with Gasteiger partial charge in [-0.3, -0.25) is 15.1 Å². The zero-order chi connectivity index (χ0) is 12.0. The standard InChI is InChI=1S/C11H15N3OS/c1-3-14(4-2)11(16)13-10(15)9-5-7-12-8-6-9/h5-8H,3-4H2,1-2H3,(H,13,15,16). The molecule has 0 radical (unpaired) electrons. The second-order valence-corrected chi connectivity index (χ2v) is 3.55. The van der Waals surface area contributed by atoms with Gasteiger partial charge in [-0.2, -0.15) is 0 Å². The Labute approximate surface area is 101 Å². The quantitative estimate of drug-likeness (QED) is 0.808. The summed E-state index contributed by atoms with van der Waals surface area (Å²) in [4.78, 5) is 17.5. The lowest BCUT2D eigenvalue weighted by Gasteiger charge is -2.21. The van der Waals surface area contributed by atoms with E-state index in [9.17, 15) is 4.79 Å². The Morgan fingerprint density at radius 2 is 1.94 bits per heavy atom. The highest BCUT2D eigenvalue weighted by Crippen LogP contribution is 1.97. The highest BCUT2D eigenvalue weighted by atomic mass is 32.1. The summed E-state index contributed by atoms with van der Waals surface area (Å²) in [5, 5.41) is 3.15. The summed E-state index contributed by atoms with van der Waals surface area (Å²) < 4.78 is 0. The van der Waals surface area contributed by atoms with Gasteiger partial charge in [0.2, 0.25) is 0 Å². The van der Waals surface area contributed by atoms with Crippen LogP contribution in [0, 0.1) is 0 Å². The van der Waals surface area contributed by atoms with Crippen LogP contribution in [0.25, 0.3) is 0 Å². The number of pyridine rings is 1. The third kappa shape index (κ3) is 3.27. The van der Waals surface area contributed by atoms with E-state index in [2.05, 4.69) is 10.3 Å². The molecule has 0 aliphatic carbocycles. The molecule has 0 atom stereocenters. The molecule has 1 amide bonds. The average Bonchev–Trinajstić information content (AvgIpc) is 2.31. The first-order valence-electron chi connectivity index (χ1n) is 5.19. The molecule has 1 aromatic heterocycles. The second kappa shape index (κ2) is 6.17. The fraction of sp³-hybridized carbons (Fsp3) is 0.364. The molecule has 1 aromatic rings. The smallest absolute Gasteiger partial charge is 0.257 e. The van der Waals surface area contributed by atoms with E-state index in [0.717, 1.165) is 13.1 Å². The predicted molar refractivity (Wildman–Crippen MR) is 67.2 cm³/mol. The topological polar surface area (TPSA) is 45.2 Å². The molecule has 0 aliphatic rings. The first-order chi connectivity index (χ1) is 7.69. The Bertz CT molecular complexity index is 363. The molecule has 1 heterocycles. The Hall–Kier alpha value is -1.49. The lowest BCUT2D eigenvalue weighted by molar-refractivity contribution is 0.0973. The highest BCUT2D eigenvalue weighted by Gasteiger charge is 2.10. The van der Waals surface area contributed by atoms with Crippen molar-refractivity contribution in [2.75, 3.05) is 13.1 Å². The average molecular weight is 237 g/mol. The molecule has 0 bridgehead atoms. The van der Waals surface area contributed by atoms with Gasteiger partial charge in [-0.15, -0.1) is 0 Å². The van der Waals surface area contributed by atoms with Gasteiger partial charge in [0, 0.05) is 31.0 Å². The number of hydrogen-bond donors (Lipinski definition) is 1. The van der Waals surface area contributed by atoms with Crippen molar-refractivity contribution < 1.29 is 4.79 Å². The SMILES string of the molecule is CCN(CC)C(=S)NC(=O)c1ccncc1. The maximum absolute atomic E-state index is 11.7. The molecule has 1 N–H and O–H groups in total. The zero-order valence-electron chi connectivity index (χ0n) is 9.43. The molecule has 0 aromatic carbocycles. The number of thiocarbonyl (C=S) groups is 1. The van der Waals surface area contributed by atoms with Crippen LogP contribution in [-0.4, -0.2) is 34.0 Å². The molecular weight excluding hydrogens is 222 g/mol. The van der Waals surface area contributed by atoms with Gasteiger partial charge in [0.05, 0.1) is 0 Å². The molecule has 86 valence electrons. The summed E-state index contributed by atoms with van der Waals surface area (Å²) in [6, 6.07) is 3.31. The Kier molecular flexibility index (Phi) is 4.85. The van der Waals surface area contributed by atoms with E-state index in [1.165, 1.54) is 0 Å². The number of rotatable bonds is 3. The van der Waals surface area contributed by atoms with Crippen molar-refractivity contribution in [3.05, 3.63) is 30.1 Å². The molecule has 16 heavy (non-hydrogen) atoms. The molecule has 0 saturated carbocycles. The number of carbonyl (C=O) groups is 1. The van der Waals surface area contributed by atoms with E-state index < -0.39 is 0 Å². The van der Waals surface area contributed by atoms with Crippen LogP contribution in [0.15, 0.2) is 24.5 Å². The Balaban J connectivity index is 2.62. The van der Waals surface area contributed by atoms with Crippen molar-refractivity contribution in [1.82, 2.24) is 15.2 Å². The summed E-state index contributed by atoms with van der Waals surface area (Å²) in [5.41, 5.74) is 0.560. The molecule has 0 aliphatic heterocycles. The van der Waals surface area contributed by atoms with Crippen molar-refractivity contribution in [1.29, 1.82) is 0 Å². The molecular formula is C11H15N3OS. The van der Waals surface area contributed by atoms with Gasteiger partial charge in [0.1, 0.15) is 0 Å². The van der Waals surface area contributed by atoms with Crippen molar-refractivity contribution in [3.8, 4) is 0 Å². The highest BCUT2D eigenvalue weighted by molar-refractivity contribution is 7.80. The minimum absolute atomic E-state index is 0.195. The second-order valence-electron chi connectivity index (χ2n) is 3.17. The van der Waals surface area contributed by atoms with Gasteiger partial charge in [-0.05, 0) is 38.2 Å². The van der Waals surface area contributed by atoms with E-state index in [1.54, 1.807) is 24.5 Å². The van der Waals surface area contributed by atoms with Gasteiger partial charge in [0.15, 0.2) is 5.11 Å². The molecule has 4 nitrogen and oxygen atoms in total. The maximum atomic E-state index is 11.7. The van der Waals surface area contributed by atoms with Crippen LogP contribution in [0.5, 0.6) is 0 Å². The van der Waals surface area contributed by atoms with Crippen molar-refractivity contribution in [2.45, 2.75) is 13.8 Å². The van der Waals surface area contributed by atoms with Crippen LogP contribution in [0.4, 0.5) is 0 Å². The maximum Gasteiger partial charge on any atom is 0.257 e. The van der Waals surface area contributed by atoms with Gasteiger partial charge in [-0.25, -0.2) is 0 Å². The van der Waals surface area contributed by atoms with Crippen LogP contribution < -0.4 is 5.32 Å². The van der Waals surface area contributed by atoms with Crippen LogP contribution in [0.3, 0.4) is 0 Å². The normalized spacial score (nSPS) is 9.62. The Morgan fingerprint density at radius 3 is 2.44 bits per heavy atom. The number of amides is 1. The van der Waals surface area contributed by atoms with Crippen LogP contribution >= 0.6 is 12.2 Å². The fourth-order valence-corrected chi connectivity index (χ4v) is 1.61. The first-order valence-corrected chi connectivity index (χ1v) is 5.60. The van der Waals surface area contributed by atoms with E-state index in [-0.39, 0.29) is 5.91 Å². The number of hydrogen-bond acceptors (Lipinski definition) is 3. The van der Waals surface area contributed by atoms with Gasteiger partial charge < -0.3 is 4.90 Å². The molecule has 0 unspecified atom stereocenters. The molecule has 0 fully saturated rings. The monoisotopic (exact) mass is 237 g/mol. The molecule has 0 saturated heterocycles. The van der Waals surface area contributed by atoms with E-state index >= 15 is 0 Å². The zero-order valence-corrected chi connectivity index (χ0v) is 10.3. The van der Waals surface area contributed by atoms with Crippen molar-refractivity contribution in [2.24, 2.45) is 0 Å². The summed E-state index contributed by atoms with van der Waals surface area (Å²) in [6.07, 6.45) is 3.16. The largest absolute Gasteiger partial charge is 0.350 e. The van der Waals surface area contributed by atoms with Crippen LogP contribution in [-0.2, 0) is 0 Å². The third-order valence-electron chi connectivity index (χ3n) is 2.21. The van der Waals surface area contributed by atoms with Gasteiger partial charge in [-0.1, -0.05) is 0 Å². The number of carbonyl (C=O) groups excluding carboxylic acids is 1. The summed E-state index contributed by atoms with van der Waals surface area (Å²) in [6.45, 7) is 5.56. The fourth-order valence-electron chi connectivity index (χ4n) is 1.26. The summed E-state index contributed by atoms with van der Waals surface area (Å²) >= 11 is 5.13. The third-order valence-corrected chi connectivity index (χ3v) is 2.57. The first kappa shape index (κ1) is 12.6. The molecule has 0 spiro atoms. The van der Waals surface area contributed by atoms with Crippen molar-refractivity contribution in [3.63, 3.8) is 0 Å². The summed E-state index contributed by atoms with van der Waals surface area (Å²) in [7, 11) is 0. The lowest BCUT2D eigenvalue weighted by atomic mass is 10.2. The van der Waals surface area contributed by atoms with Gasteiger partial charge >= 0.3 is 0 Å². The minimum Gasteiger partial charge on any atom is -0.350 e. The minimum atomic E-state index is -0.195. The van der Waals surface area contributed by atoms with E-state index in [0.29, 0.717) is 10.7 Å². The number of aromatic nitrogens is 1. The van der Waals surface area contributed by atoms with E-state index in [4.69, 9.17) is 12.2 Å². The van der Waals surface area contributed by atoms with Crippen molar-refractivity contribution >= 4 is 23.2 Å². The Morgan fingerprint density at radius 1 is 1.38 bits per heavy atom. The van der Waals surface area contributed by atoms with Crippen LogP contribution in [0.2, 0.25) is 0 Å². The number of nitrogens with one attached hydrogen (secondary N) is 1.